The van der Waals surface area contributed by atoms with E-state index in [9.17, 15) is 21.6 Å². The van der Waals surface area contributed by atoms with Crippen LogP contribution >= 0.6 is 0 Å². The van der Waals surface area contributed by atoms with Crippen LogP contribution in [0.3, 0.4) is 0 Å². The van der Waals surface area contributed by atoms with Gasteiger partial charge in [0.1, 0.15) is 21.3 Å². The number of methoxy groups -OCH3 is 1. The van der Waals surface area contributed by atoms with E-state index in [4.69, 9.17) is 9.47 Å². The minimum atomic E-state index is -4.60. The molecule has 0 spiro atoms. The van der Waals surface area contributed by atoms with Crippen LogP contribution in [-0.4, -0.2) is 34.1 Å². The molecule has 0 unspecified atom stereocenters. The number of sulfone groups is 1. The van der Waals surface area contributed by atoms with Gasteiger partial charge in [0.05, 0.1) is 25.0 Å². The first-order chi connectivity index (χ1) is 12.1. The molecule has 0 bridgehead atoms. The zero-order valence-corrected chi connectivity index (χ0v) is 15.2. The third kappa shape index (κ3) is 5.66. The van der Waals surface area contributed by atoms with Crippen LogP contribution in [0.25, 0.3) is 11.1 Å². The van der Waals surface area contributed by atoms with Crippen molar-refractivity contribution in [2.45, 2.75) is 12.6 Å². The van der Waals surface area contributed by atoms with Crippen molar-refractivity contribution >= 4 is 9.84 Å². The Bertz CT molecular complexity index is 861. The number of halogens is 3. The molecule has 0 aromatic heterocycles. The number of rotatable bonds is 7. The normalized spacial score (nSPS) is 12.0. The summed E-state index contributed by atoms with van der Waals surface area (Å²) < 4.78 is 72.6. The van der Waals surface area contributed by atoms with E-state index < -0.39 is 21.6 Å². The molecule has 142 valence electrons. The molecule has 4 nitrogen and oxygen atoms in total. The predicted octanol–water partition coefficient (Wildman–Crippen LogP) is 4.19. The standard InChI is InChI=1S/C18H19F3O4S/c1-24-15-6-3-5-13(11-15)14-7-8-17(16(12-14)18(19,20)21)25-9-4-10-26(2,22)23/h3,5-8,11-12H,4,9-10H2,1-2H3. The van der Waals surface area contributed by atoms with Gasteiger partial charge < -0.3 is 9.47 Å². The molecule has 0 radical (unpaired) electrons. The smallest absolute Gasteiger partial charge is 0.419 e. The molecule has 2 aromatic rings. The Balaban J connectivity index is 2.27. The zero-order chi connectivity index (χ0) is 19.4. The molecular formula is C18H19F3O4S. The lowest BCUT2D eigenvalue weighted by Crippen LogP contribution is -2.12. The summed E-state index contributed by atoms with van der Waals surface area (Å²) in [6.07, 6.45) is -3.41. The van der Waals surface area contributed by atoms with E-state index in [-0.39, 0.29) is 24.5 Å². The maximum atomic E-state index is 13.4. The molecule has 26 heavy (non-hydrogen) atoms. The molecular weight excluding hydrogens is 369 g/mol. The van der Waals surface area contributed by atoms with Gasteiger partial charge in [0.25, 0.3) is 0 Å². The van der Waals surface area contributed by atoms with Gasteiger partial charge in [-0.15, -0.1) is 0 Å². The maximum absolute atomic E-state index is 13.4. The molecule has 0 fully saturated rings. The molecule has 0 heterocycles. The Morgan fingerprint density at radius 1 is 1.04 bits per heavy atom. The molecule has 0 saturated carbocycles. The van der Waals surface area contributed by atoms with Gasteiger partial charge in [0, 0.05) is 6.26 Å². The minimum Gasteiger partial charge on any atom is -0.497 e. The molecule has 0 aliphatic rings. The molecule has 0 aliphatic carbocycles. The highest BCUT2D eigenvalue weighted by atomic mass is 32.2. The van der Waals surface area contributed by atoms with Crippen LogP contribution in [-0.2, 0) is 16.0 Å². The maximum Gasteiger partial charge on any atom is 0.419 e. The van der Waals surface area contributed by atoms with Crippen LogP contribution in [0.15, 0.2) is 42.5 Å². The molecule has 0 N–H and O–H groups in total. The van der Waals surface area contributed by atoms with Crippen LogP contribution in [0, 0.1) is 0 Å². The first kappa shape index (κ1) is 20.1. The SMILES string of the molecule is COc1cccc(-c2ccc(OCCCS(C)(=O)=O)c(C(F)(F)F)c2)c1. The largest absolute Gasteiger partial charge is 0.497 e. The molecule has 0 aliphatic heterocycles. The molecule has 8 heteroatoms. The Hall–Kier alpha value is -2.22. The van der Waals surface area contributed by atoms with Crippen LogP contribution < -0.4 is 9.47 Å². The van der Waals surface area contributed by atoms with E-state index in [2.05, 4.69) is 0 Å². The Morgan fingerprint density at radius 2 is 1.73 bits per heavy atom. The fourth-order valence-corrected chi connectivity index (χ4v) is 3.01. The summed E-state index contributed by atoms with van der Waals surface area (Å²) in [6, 6.07) is 10.5. The van der Waals surface area contributed by atoms with Crippen molar-refractivity contribution in [2.75, 3.05) is 25.7 Å². The van der Waals surface area contributed by atoms with E-state index in [0.29, 0.717) is 16.9 Å². The summed E-state index contributed by atoms with van der Waals surface area (Å²) in [4.78, 5) is 0. The van der Waals surface area contributed by atoms with E-state index in [0.717, 1.165) is 12.3 Å². The highest BCUT2D eigenvalue weighted by Gasteiger charge is 2.34. The highest BCUT2D eigenvalue weighted by Crippen LogP contribution is 2.39. The first-order valence-corrected chi connectivity index (χ1v) is 9.82. The number of hydrogen-bond acceptors (Lipinski definition) is 4. The van der Waals surface area contributed by atoms with E-state index >= 15 is 0 Å². The molecule has 2 rings (SSSR count). The second kappa shape index (κ2) is 7.99. The van der Waals surface area contributed by atoms with Gasteiger partial charge in [-0.25, -0.2) is 8.42 Å². The highest BCUT2D eigenvalue weighted by molar-refractivity contribution is 7.90. The number of benzene rings is 2. The van der Waals surface area contributed by atoms with Crippen molar-refractivity contribution < 1.29 is 31.1 Å². The summed E-state index contributed by atoms with van der Waals surface area (Å²) in [5, 5.41) is 0. The Morgan fingerprint density at radius 3 is 2.35 bits per heavy atom. The van der Waals surface area contributed by atoms with E-state index in [1.54, 1.807) is 24.3 Å². The number of alkyl halides is 3. The molecule has 0 saturated heterocycles. The average Bonchev–Trinajstić information content (AvgIpc) is 2.57. The second-order valence-corrected chi connectivity index (χ2v) is 8.03. The van der Waals surface area contributed by atoms with Crippen molar-refractivity contribution in [1.29, 1.82) is 0 Å². The monoisotopic (exact) mass is 388 g/mol. The van der Waals surface area contributed by atoms with Crippen molar-refractivity contribution in [2.24, 2.45) is 0 Å². The van der Waals surface area contributed by atoms with Crippen LogP contribution in [0.2, 0.25) is 0 Å². The topological polar surface area (TPSA) is 52.6 Å². The van der Waals surface area contributed by atoms with Gasteiger partial charge >= 0.3 is 6.18 Å². The Kier molecular flexibility index (Phi) is 6.17. The van der Waals surface area contributed by atoms with Gasteiger partial charge in [0.2, 0.25) is 0 Å². The van der Waals surface area contributed by atoms with Gasteiger partial charge in [-0.1, -0.05) is 18.2 Å². The average molecular weight is 388 g/mol. The predicted molar refractivity (Wildman–Crippen MR) is 93.3 cm³/mol. The van der Waals surface area contributed by atoms with Gasteiger partial charge in [-0.3, -0.25) is 0 Å². The Labute approximate surface area is 150 Å². The van der Waals surface area contributed by atoms with E-state index in [1.807, 2.05) is 0 Å². The van der Waals surface area contributed by atoms with Crippen molar-refractivity contribution in [3.8, 4) is 22.6 Å². The summed E-state index contributed by atoms with van der Waals surface area (Å²) in [5.41, 5.74) is 0.0513. The first-order valence-electron chi connectivity index (χ1n) is 7.76. The summed E-state index contributed by atoms with van der Waals surface area (Å²) >= 11 is 0. The third-order valence-corrected chi connectivity index (χ3v) is 4.64. The third-order valence-electron chi connectivity index (χ3n) is 3.61. The molecule has 0 amide bonds. The van der Waals surface area contributed by atoms with Crippen molar-refractivity contribution in [1.82, 2.24) is 0 Å². The zero-order valence-electron chi connectivity index (χ0n) is 14.3. The number of ether oxygens (including phenoxy) is 2. The lowest BCUT2D eigenvalue weighted by atomic mass is 10.0. The van der Waals surface area contributed by atoms with Crippen LogP contribution in [0.4, 0.5) is 13.2 Å². The van der Waals surface area contributed by atoms with Gasteiger partial charge in [-0.2, -0.15) is 13.2 Å². The van der Waals surface area contributed by atoms with Crippen molar-refractivity contribution in [3.63, 3.8) is 0 Å². The van der Waals surface area contributed by atoms with Crippen LogP contribution in [0.1, 0.15) is 12.0 Å². The summed E-state index contributed by atoms with van der Waals surface area (Å²) in [6.45, 7) is -0.116. The quantitative estimate of drug-likeness (QED) is 0.668. The molecule has 0 atom stereocenters. The summed E-state index contributed by atoms with van der Waals surface area (Å²) in [5.74, 6) is 0.0748. The van der Waals surface area contributed by atoms with E-state index in [1.165, 1.54) is 19.2 Å². The fourth-order valence-electron chi connectivity index (χ4n) is 2.36. The number of hydrogen-bond donors (Lipinski definition) is 0. The van der Waals surface area contributed by atoms with Gasteiger partial charge in [0.15, 0.2) is 0 Å². The van der Waals surface area contributed by atoms with Gasteiger partial charge in [-0.05, 0) is 41.8 Å². The van der Waals surface area contributed by atoms with Crippen LogP contribution in [0.5, 0.6) is 11.5 Å². The fraction of sp³-hybridized carbons (Fsp3) is 0.333. The van der Waals surface area contributed by atoms with Crippen molar-refractivity contribution in [3.05, 3.63) is 48.0 Å². The minimum absolute atomic E-state index is 0.116. The second-order valence-electron chi connectivity index (χ2n) is 5.77. The molecule has 2 aromatic carbocycles. The summed E-state index contributed by atoms with van der Waals surface area (Å²) in [7, 11) is -1.70. The lowest BCUT2D eigenvalue weighted by Gasteiger charge is -2.16. The lowest BCUT2D eigenvalue weighted by molar-refractivity contribution is -0.138.